The van der Waals surface area contributed by atoms with Crippen LogP contribution in [0, 0.1) is 0 Å². The molecule has 1 N–H and O–H groups in total. The molecule has 3 rings (SSSR count). The summed E-state index contributed by atoms with van der Waals surface area (Å²) in [5.41, 5.74) is 0.436. The van der Waals surface area contributed by atoms with Crippen LogP contribution < -0.4 is 14.8 Å². The van der Waals surface area contributed by atoms with E-state index in [4.69, 9.17) is 23.2 Å². The molecule has 0 spiro atoms. The summed E-state index contributed by atoms with van der Waals surface area (Å²) >= 11 is 14.5. The van der Waals surface area contributed by atoms with E-state index < -0.39 is 0 Å². The Morgan fingerprint density at radius 2 is 2.04 bits per heavy atom. The first-order valence-corrected chi connectivity index (χ1v) is 8.93. The Kier molecular flexibility index (Phi) is 4.82. The number of halogens is 2. The number of carbonyl (C=O) groups is 1. The van der Waals surface area contributed by atoms with Gasteiger partial charge in [0.05, 0.1) is 14.1 Å². The second-order valence-electron chi connectivity index (χ2n) is 4.58. The van der Waals surface area contributed by atoms with Crippen molar-refractivity contribution in [3.63, 3.8) is 0 Å². The topological polar surface area (TPSA) is 49.9 Å². The standard InChI is InChI=1S/C16H9Cl2NO2S2/c17-10-4-3-9(11(18)7-10)6-14-16(21)19-15(23-14)8-12(20)13-2-1-5-22-13/h1-8H,(H,19,21)/b14-6-,15-8-. The number of aromatic nitrogens is 1. The quantitative estimate of drug-likeness (QED) is 0.707. The first kappa shape index (κ1) is 16.2. The summed E-state index contributed by atoms with van der Waals surface area (Å²) in [7, 11) is 0. The van der Waals surface area contributed by atoms with Crippen molar-refractivity contribution < 1.29 is 4.79 Å². The molecule has 0 bridgehead atoms. The highest BCUT2D eigenvalue weighted by Gasteiger charge is 2.04. The highest BCUT2D eigenvalue weighted by Crippen LogP contribution is 2.21. The van der Waals surface area contributed by atoms with E-state index in [0.29, 0.717) is 29.7 Å². The number of aromatic amines is 1. The summed E-state index contributed by atoms with van der Waals surface area (Å²) in [6, 6.07) is 8.61. The van der Waals surface area contributed by atoms with Gasteiger partial charge in [-0.2, -0.15) is 0 Å². The number of Topliss-reactive ketones (excluding diaryl/α,β-unsaturated/α-hetero) is 1. The molecule has 0 fully saturated rings. The van der Waals surface area contributed by atoms with Gasteiger partial charge >= 0.3 is 0 Å². The van der Waals surface area contributed by atoms with Crippen LogP contribution in [0.1, 0.15) is 15.2 Å². The van der Waals surface area contributed by atoms with Gasteiger partial charge in [-0.25, -0.2) is 0 Å². The van der Waals surface area contributed by atoms with E-state index in [9.17, 15) is 9.59 Å². The number of H-pyrrole nitrogens is 1. The highest BCUT2D eigenvalue weighted by atomic mass is 35.5. The third-order valence-electron chi connectivity index (χ3n) is 2.96. The molecule has 2 heterocycles. The van der Waals surface area contributed by atoms with Crippen molar-refractivity contribution in [2.24, 2.45) is 0 Å². The maximum Gasteiger partial charge on any atom is 0.266 e. The van der Waals surface area contributed by atoms with Gasteiger partial charge in [-0.1, -0.05) is 35.3 Å². The number of carbonyl (C=O) groups excluding carboxylic acids is 1. The second kappa shape index (κ2) is 6.84. The molecule has 116 valence electrons. The van der Waals surface area contributed by atoms with Crippen molar-refractivity contribution in [3.05, 3.63) is 75.7 Å². The molecule has 0 aliphatic heterocycles. The Bertz CT molecular complexity index is 1030. The van der Waals surface area contributed by atoms with Crippen LogP contribution in [0.4, 0.5) is 0 Å². The fourth-order valence-electron chi connectivity index (χ4n) is 1.89. The van der Waals surface area contributed by atoms with Crippen LogP contribution in [0.3, 0.4) is 0 Å². The van der Waals surface area contributed by atoms with Crippen molar-refractivity contribution in [1.82, 2.24) is 4.98 Å². The minimum Gasteiger partial charge on any atom is -0.313 e. The van der Waals surface area contributed by atoms with Crippen molar-refractivity contribution in [3.8, 4) is 0 Å². The zero-order chi connectivity index (χ0) is 16.4. The molecular weight excluding hydrogens is 373 g/mol. The monoisotopic (exact) mass is 381 g/mol. The number of thiazole rings is 1. The molecule has 0 radical (unpaired) electrons. The highest BCUT2D eigenvalue weighted by molar-refractivity contribution is 7.12. The summed E-state index contributed by atoms with van der Waals surface area (Å²) in [5, 5.41) is 2.83. The summed E-state index contributed by atoms with van der Waals surface area (Å²) < 4.78 is 0.976. The lowest BCUT2D eigenvalue weighted by molar-refractivity contribution is 0.106. The lowest BCUT2D eigenvalue weighted by atomic mass is 10.2. The summed E-state index contributed by atoms with van der Waals surface area (Å²) in [6.45, 7) is 0. The lowest BCUT2D eigenvalue weighted by Crippen LogP contribution is -2.20. The van der Waals surface area contributed by atoms with Gasteiger partial charge in [0.15, 0.2) is 5.78 Å². The Morgan fingerprint density at radius 3 is 2.74 bits per heavy atom. The van der Waals surface area contributed by atoms with E-state index in [0.717, 1.165) is 0 Å². The van der Waals surface area contributed by atoms with Crippen LogP contribution in [-0.2, 0) is 0 Å². The van der Waals surface area contributed by atoms with E-state index in [1.54, 1.807) is 30.3 Å². The van der Waals surface area contributed by atoms with Crippen molar-refractivity contribution in [2.45, 2.75) is 0 Å². The van der Waals surface area contributed by atoms with Gasteiger partial charge in [0.1, 0.15) is 0 Å². The number of benzene rings is 1. The van der Waals surface area contributed by atoms with Crippen LogP contribution in [0.15, 0.2) is 40.5 Å². The van der Waals surface area contributed by atoms with Gasteiger partial charge in [0.25, 0.3) is 5.56 Å². The smallest absolute Gasteiger partial charge is 0.266 e. The number of thiophene rings is 1. The van der Waals surface area contributed by atoms with Crippen molar-refractivity contribution in [2.75, 3.05) is 0 Å². The van der Waals surface area contributed by atoms with E-state index in [1.807, 2.05) is 11.4 Å². The maximum absolute atomic E-state index is 12.0. The zero-order valence-corrected chi connectivity index (χ0v) is 14.7. The van der Waals surface area contributed by atoms with Gasteiger partial charge in [-0.3, -0.25) is 9.59 Å². The zero-order valence-electron chi connectivity index (χ0n) is 11.5. The Hall–Kier alpha value is -1.66. The molecule has 0 amide bonds. The molecule has 2 aromatic heterocycles. The molecule has 0 aliphatic rings. The van der Waals surface area contributed by atoms with Crippen LogP contribution in [0.5, 0.6) is 0 Å². The third kappa shape index (κ3) is 3.82. The van der Waals surface area contributed by atoms with Gasteiger partial charge < -0.3 is 4.98 Å². The Balaban J connectivity index is 2.03. The summed E-state index contributed by atoms with van der Waals surface area (Å²) in [4.78, 5) is 27.4. The fourth-order valence-corrected chi connectivity index (χ4v) is 3.87. The minimum absolute atomic E-state index is 0.131. The first-order valence-electron chi connectivity index (χ1n) is 6.48. The minimum atomic E-state index is -0.258. The first-order chi connectivity index (χ1) is 11.0. The molecule has 0 aliphatic carbocycles. The van der Waals surface area contributed by atoms with Gasteiger partial charge in [0, 0.05) is 16.1 Å². The molecule has 23 heavy (non-hydrogen) atoms. The molecule has 1 aromatic carbocycles. The maximum atomic E-state index is 12.0. The molecule has 7 heteroatoms. The number of ketones is 1. The summed E-state index contributed by atoms with van der Waals surface area (Å²) in [6.07, 6.45) is 3.10. The number of nitrogens with one attached hydrogen (secondary N) is 1. The number of rotatable bonds is 3. The Morgan fingerprint density at radius 1 is 1.22 bits per heavy atom. The largest absolute Gasteiger partial charge is 0.313 e. The molecule has 0 saturated carbocycles. The molecular formula is C16H9Cl2NO2S2. The number of hydrogen-bond acceptors (Lipinski definition) is 4. The van der Waals surface area contributed by atoms with E-state index >= 15 is 0 Å². The molecule has 0 saturated heterocycles. The predicted molar refractivity (Wildman–Crippen MR) is 97.3 cm³/mol. The van der Waals surface area contributed by atoms with Crippen molar-refractivity contribution >= 4 is 63.8 Å². The molecule has 0 atom stereocenters. The fraction of sp³-hybridized carbons (Fsp3) is 0. The van der Waals surface area contributed by atoms with Crippen LogP contribution in [0.2, 0.25) is 10.0 Å². The normalized spacial score (nSPS) is 12.8. The molecule has 0 unspecified atom stereocenters. The predicted octanol–water partition coefficient (Wildman–Crippen LogP) is 3.30. The van der Waals surface area contributed by atoms with Crippen LogP contribution in [-0.4, -0.2) is 10.8 Å². The van der Waals surface area contributed by atoms with Gasteiger partial charge in [-0.05, 0) is 35.2 Å². The van der Waals surface area contributed by atoms with Crippen molar-refractivity contribution in [1.29, 1.82) is 0 Å². The van der Waals surface area contributed by atoms with E-state index in [-0.39, 0.29) is 11.3 Å². The third-order valence-corrected chi connectivity index (χ3v) is 5.37. The average Bonchev–Trinajstić information content (AvgIpc) is 3.12. The molecule has 3 nitrogen and oxygen atoms in total. The van der Waals surface area contributed by atoms with Gasteiger partial charge in [0.2, 0.25) is 0 Å². The van der Waals surface area contributed by atoms with E-state index in [1.165, 1.54) is 28.7 Å². The SMILES string of the molecule is O=C(/C=c1/[nH]c(=O)/c(=C/c2ccc(Cl)cc2Cl)s1)c1cccs1. The van der Waals surface area contributed by atoms with Crippen LogP contribution in [0.25, 0.3) is 12.2 Å². The second-order valence-corrected chi connectivity index (χ2v) is 7.46. The van der Waals surface area contributed by atoms with Crippen LogP contribution >= 0.6 is 45.9 Å². The number of hydrogen-bond donors (Lipinski definition) is 1. The lowest BCUT2D eigenvalue weighted by Gasteiger charge is -1.97. The average molecular weight is 382 g/mol. The van der Waals surface area contributed by atoms with E-state index in [2.05, 4.69) is 4.98 Å². The Labute approximate surface area is 149 Å². The van der Waals surface area contributed by atoms with Gasteiger partial charge in [-0.15, -0.1) is 22.7 Å². The summed E-state index contributed by atoms with van der Waals surface area (Å²) in [5.74, 6) is -0.131. The molecule has 3 aromatic rings.